The Balaban J connectivity index is 0.00000338. The predicted octanol–water partition coefficient (Wildman–Crippen LogP) is 3.55. The molecule has 0 bridgehead atoms. The van der Waals surface area contributed by atoms with Gasteiger partial charge in [-0.1, -0.05) is 18.2 Å². The molecule has 0 aliphatic heterocycles. The smallest absolute Gasteiger partial charge is 0.191 e. The van der Waals surface area contributed by atoms with Gasteiger partial charge in [0, 0.05) is 39.9 Å². The van der Waals surface area contributed by atoms with Gasteiger partial charge in [0.1, 0.15) is 5.75 Å². The molecular weight excluding hydrogens is 439 g/mol. The molecule has 0 atom stereocenters. The number of benzene rings is 2. The van der Waals surface area contributed by atoms with Crippen molar-refractivity contribution in [3.05, 3.63) is 59.2 Å². The van der Waals surface area contributed by atoms with Crippen LogP contribution in [0.3, 0.4) is 0 Å². The zero-order valence-corrected chi connectivity index (χ0v) is 18.5. The molecule has 0 unspecified atom stereocenters. The summed E-state index contributed by atoms with van der Waals surface area (Å²) in [4.78, 5) is 6.40. The van der Waals surface area contributed by atoms with Crippen molar-refractivity contribution in [3.63, 3.8) is 0 Å². The van der Waals surface area contributed by atoms with Gasteiger partial charge in [-0.3, -0.25) is 4.99 Å². The fourth-order valence-corrected chi connectivity index (χ4v) is 2.49. The maximum Gasteiger partial charge on any atom is 0.191 e. The van der Waals surface area contributed by atoms with E-state index in [9.17, 15) is 0 Å². The first kappa shape index (κ1) is 22.1. The predicted molar refractivity (Wildman–Crippen MR) is 121 cm³/mol. The van der Waals surface area contributed by atoms with Crippen molar-refractivity contribution in [2.75, 3.05) is 33.2 Å². The number of aryl methyl sites for hydroxylation is 1. The Hall–Kier alpha value is -1.96. The van der Waals surface area contributed by atoms with Gasteiger partial charge < -0.3 is 20.3 Å². The highest BCUT2D eigenvalue weighted by atomic mass is 127. The van der Waals surface area contributed by atoms with Crippen LogP contribution in [0, 0.1) is 6.92 Å². The molecule has 2 rings (SSSR count). The summed E-state index contributed by atoms with van der Waals surface area (Å²) in [6.45, 7) is 3.58. The number of aliphatic imine (C=N–C) groups is 1. The summed E-state index contributed by atoms with van der Waals surface area (Å²) in [6, 6.07) is 14.5. The van der Waals surface area contributed by atoms with Crippen molar-refractivity contribution in [2.45, 2.75) is 20.0 Å². The van der Waals surface area contributed by atoms with E-state index in [1.807, 2.05) is 24.3 Å². The number of hydrogen-bond acceptors (Lipinski definition) is 3. The van der Waals surface area contributed by atoms with Crippen LogP contribution < -0.4 is 20.3 Å². The summed E-state index contributed by atoms with van der Waals surface area (Å²) in [7, 11) is 7.56. The number of halogens is 1. The molecule has 0 amide bonds. The lowest BCUT2D eigenvalue weighted by atomic mass is 10.1. The van der Waals surface area contributed by atoms with Crippen LogP contribution in [0.5, 0.6) is 5.75 Å². The van der Waals surface area contributed by atoms with E-state index < -0.39 is 0 Å². The van der Waals surface area contributed by atoms with Crippen LogP contribution >= 0.6 is 24.0 Å². The van der Waals surface area contributed by atoms with E-state index in [1.165, 1.54) is 22.4 Å². The normalized spacial score (nSPS) is 10.7. The summed E-state index contributed by atoms with van der Waals surface area (Å²) in [5, 5.41) is 6.70. The van der Waals surface area contributed by atoms with Crippen LogP contribution in [0.25, 0.3) is 0 Å². The molecule has 6 heteroatoms. The lowest BCUT2D eigenvalue weighted by Gasteiger charge is -2.16. The molecule has 5 nitrogen and oxygen atoms in total. The molecule has 0 fully saturated rings. The number of ether oxygens (including phenoxy) is 1. The molecule has 0 aromatic heterocycles. The number of rotatable bonds is 6. The molecular formula is C20H29IN4O. The van der Waals surface area contributed by atoms with Gasteiger partial charge in [-0.15, -0.1) is 24.0 Å². The van der Waals surface area contributed by atoms with Crippen molar-refractivity contribution in [1.29, 1.82) is 0 Å². The van der Waals surface area contributed by atoms with Crippen LogP contribution in [0.2, 0.25) is 0 Å². The molecule has 0 aliphatic carbocycles. The average Bonchev–Trinajstić information content (AvgIpc) is 2.63. The van der Waals surface area contributed by atoms with Crippen LogP contribution in [0.4, 0.5) is 5.69 Å². The second kappa shape index (κ2) is 10.9. The van der Waals surface area contributed by atoms with Crippen molar-refractivity contribution < 1.29 is 4.74 Å². The maximum absolute atomic E-state index is 5.18. The average molecular weight is 468 g/mol. The Morgan fingerprint density at radius 2 is 1.69 bits per heavy atom. The highest BCUT2D eigenvalue weighted by Gasteiger charge is 2.04. The third-order valence-electron chi connectivity index (χ3n) is 4.13. The van der Waals surface area contributed by atoms with Gasteiger partial charge in [-0.2, -0.15) is 0 Å². The SMILES string of the molecule is CN=C(NCc1ccc(OC)cc1)NCc1ccc(N(C)C)cc1C.I. The Labute approximate surface area is 173 Å². The lowest BCUT2D eigenvalue weighted by molar-refractivity contribution is 0.414. The summed E-state index contributed by atoms with van der Waals surface area (Å²) in [5.74, 6) is 1.65. The molecule has 0 saturated carbocycles. The van der Waals surface area contributed by atoms with E-state index in [0.29, 0.717) is 6.54 Å². The zero-order chi connectivity index (χ0) is 18.2. The number of nitrogens with zero attached hydrogens (tertiary/aromatic N) is 2. The molecule has 2 aromatic rings. The number of methoxy groups -OCH3 is 1. The minimum atomic E-state index is 0. The molecule has 2 N–H and O–H groups in total. The van der Waals surface area contributed by atoms with Gasteiger partial charge in [0.15, 0.2) is 5.96 Å². The summed E-state index contributed by atoms with van der Waals surface area (Å²) in [5.41, 5.74) is 4.92. The van der Waals surface area contributed by atoms with Crippen molar-refractivity contribution in [1.82, 2.24) is 10.6 Å². The summed E-state index contributed by atoms with van der Waals surface area (Å²) < 4.78 is 5.18. The first-order valence-electron chi connectivity index (χ1n) is 8.37. The van der Waals surface area contributed by atoms with Gasteiger partial charge in [-0.25, -0.2) is 0 Å². The van der Waals surface area contributed by atoms with Gasteiger partial charge >= 0.3 is 0 Å². The molecule has 142 valence electrons. The number of guanidine groups is 1. The van der Waals surface area contributed by atoms with E-state index >= 15 is 0 Å². The molecule has 26 heavy (non-hydrogen) atoms. The number of nitrogens with one attached hydrogen (secondary N) is 2. The summed E-state index contributed by atoms with van der Waals surface area (Å²) in [6.07, 6.45) is 0. The van der Waals surface area contributed by atoms with Gasteiger partial charge in [0.25, 0.3) is 0 Å². The molecule has 0 heterocycles. The Kier molecular flexibility index (Phi) is 9.26. The van der Waals surface area contributed by atoms with E-state index in [4.69, 9.17) is 4.74 Å². The molecule has 0 radical (unpaired) electrons. The van der Waals surface area contributed by atoms with E-state index in [-0.39, 0.29) is 24.0 Å². The molecule has 0 saturated heterocycles. The van der Waals surface area contributed by atoms with E-state index in [2.05, 4.69) is 59.7 Å². The standard InChI is InChI=1S/C20H28N4O.HI/c1-15-12-18(24(3)4)9-8-17(15)14-23-20(21-2)22-13-16-6-10-19(25-5)11-7-16;/h6-12H,13-14H2,1-5H3,(H2,21,22,23);1H. The van der Waals surface area contributed by atoms with Crippen LogP contribution in [-0.2, 0) is 13.1 Å². The first-order chi connectivity index (χ1) is 12.0. The Morgan fingerprint density at radius 3 is 2.23 bits per heavy atom. The van der Waals surface area contributed by atoms with Crippen LogP contribution in [0.15, 0.2) is 47.5 Å². The number of anilines is 1. The first-order valence-corrected chi connectivity index (χ1v) is 8.37. The third kappa shape index (κ3) is 6.40. The quantitative estimate of drug-likeness (QED) is 0.387. The monoisotopic (exact) mass is 468 g/mol. The third-order valence-corrected chi connectivity index (χ3v) is 4.13. The van der Waals surface area contributed by atoms with Gasteiger partial charge in [0.05, 0.1) is 7.11 Å². The van der Waals surface area contributed by atoms with Crippen molar-refractivity contribution >= 4 is 35.6 Å². The van der Waals surface area contributed by atoms with Gasteiger partial charge in [-0.05, 0) is 47.9 Å². The van der Waals surface area contributed by atoms with E-state index in [0.717, 1.165) is 18.3 Å². The molecule has 2 aromatic carbocycles. The Morgan fingerprint density at radius 1 is 1.04 bits per heavy atom. The lowest BCUT2D eigenvalue weighted by Crippen LogP contribution is -2.36. The van der Waals surface area contributed by atoms with Crippen molar-refractivity contribution in [2.24, 2.45) is 4.99 Å². The van der Waals surface area contributed by atoms with Gasteiger partial charge in [0.2, 0.25) is 0 Å². The summed E-state index contributed by atoms with van der Waals surface area (Å²) >= 11 is 0. The Bertz CT molecular complexity index is 714. The highest BCUT2D eigenvalue weighted by Crippen LogP contribution is 2.17. The van der Waals surface area contributed by atoms with Crippen molar-refractivity contribution in [3.8, 4) is 5.75 Å². The largest absolute Gasteiger partial charge is 0.497 e. The minimum absolute atomic E-state index is 0. The zero-order valence-electron chi connectivity index (χ0n) is 16.2. The number of hydrogen-bond donors (Lipinski definition) is 2. The topological polar surface area (TPSA) is 48.9 Å². The highest BCUT2D eigenvalue weighted by molar-refractivity contribution is 14.0. The fourth-order valence-electron chi connectivity index (χ4n) is 2.49. The maximum atomic E-state index is 5.18. The van der Waals surface area contributed by atoms with Crippen LogP contribution in [0.1, 0.15) is 16.7 Å². The second-order valence-corrected chi connectivity index (χ2v) is 6.13. The molecule has 0 aliphatic rings. The fraction of sp³-hybridized carbons (Fsp3) is 0.350. The van der Waals surface area contributed by atoms with E-state index in [1.54, 1.807) is 14.2 Å². The second-order valence-electron chi connectivity index (χ2n) is 6.13. The van der Waals surface area contributed by atoms with Crippen LogP contribution in [-0.4, -0.2) is 34.2 Å². The molecule has 0 spiro atoms. The minimum Gasteiger partial charge on any atom is -0.497 e.